The maximum Gasteiger partial charge on any atom is 0.0512 e. The minimum Gasteiger partial charge on any atom is -0.393 e. The summed E-state index contributed by atoms with van der Waals surface area (Å²) >= 11 is 0. The summed E-state index contributed by atoms with van der Waals surface area (Å²) in [5.74, 6) is 0. The number of allylic oxidation sites excluding steroid dienone is 2. The Morgan fingerprint density at radius 3 is 0.786 bits per heavy atom. The van der Waals surface area contributed by atoms with Gasteiger partial charge in [-0.25, -0.2) is 0 Å². The second-order valence-corrected chi connectivity index (χ2v) is 14.0. The maximum atomic E-state index is 9.28. The van der Waals surface area contributed by atoms with E-state index in [1.807, 2.05) is 6.92 Å². The average Bonchev–Trinajstić information content (AvgIpc) is 2.98. The summed E-state index contributed by atoms with van der Waals surface area (Å²) in [4.78, 5) is 0. The molecular weight excluding hydrogens is 508 g/mol. The van der Waals surface area contributed by atoms with Gasteiger partial charge in [-0.1, -0.05) is 225 Å². The Balaban J connectivity index is 3.05. The maximum absolute atomic E-state index is 9.28. The molecule has 0 spiro atoms. The van der Waals surface area contributed by atoms with E-state index in [1.165, 1.54) is 225 Å². The highest BCUT2D eigenvalue weighted by atomic mass is 16.3. The molecule has 0 aromatic heterocycles. The number of aliphatic hydroxyl groups excluding tert-OH is 1. The molecule has 0 radical (unpaired) electrons. The molecule has 1 unspecified atom stereocenters. The molecule has 0 aliphatic heterocycles. The van der Waals surface area contributed by atoms with Crippen LogP contribution < -0.4 is 0 Å². The van der Waals surface area contributed by atoms with Gasteiger partial charge in [0.2, 0.25) is 0 Å². The molecule has 0 saturated heterocycles. The van der Waals surface area contributed by atoms with Crippen molar-refractivity contribution in [3.8, 4) is 0 Å². The fourth-order valence-electron chi connectivity index (χ4n) is 6.39. The Morgan fingerprint density at radius 1 is 0.333 bits per heavy atom. The molecule has 0 aromatic rings. The average molecular weight is 591 g/mol. The monoisotopic (exact) mass is 591 g/mol. The van der Waals surface area contributed by atoms with E-state index in [0.29, 0.717) is 0 Å². The van der Waals surface area contributed by atoms with Crippen LogP contribution in [-0.4, -0.2) is 11.2 Å². The molecule has 0 aliphatic carbocycles. The molecule has 0 bridgehead atoms. The van der Waals surface area contributed by atoms with Crippen molar-refractivity contribution >= 4 is 0 Å². The summed E-state index contributed by atoms with van der Waals surface area (Å²) < 4.78 is 0. The van der Waals surface area contributed by atoms with Crippen molar-refractivity contribution in [1.82, 2.24) is 0 Å². The molecule has 1 N–H and O–H groups in total. The SMILES string of the molecule is CCCCC=CCCCCCCCCCCCCCCCCCCCCCCCCCCCCCCCCCC(C)O. The van der Waals surface area contributed by atoms with E-state index >= 15 is 0 Å². The van der Waals surface area contributed by atoms with Crippen LogP contribution in [0.25, 0.3) is 0 Å². The van der Waals surface area contributed by atoms with Gasteiger partial charge in [-0.3, -0.25) is 0 Å². The van der Waals surface area contributed by atoms with Crippen molar-refractivity contribution in [3.63, 3.8) is 0 Å². The molecule has 1 heteroatoms. The zero-order valence-electron chi connectivity index (χ0n) is 29.6. The minimum atomic E-state index is -0.104. The third-order valence-corrected chi connectivity index (χ3v) is 9.38. The summed E-state index contributed by atoms with van der Waals surface area (Å²) in [7, 11) is 0. The summed E-state index contributed by atoms with van der Waals surface area (Å²) in [6.45, 7) is 4.18. The van der Waals surface area contributed by atoms with Gasteiger partial charge in [0.1, 0.15) is 0 Å². The third kappa shape index (κ3) is 39.7. The molecule has 0 fully saturated rings. The second-order valence-electron chi connectivity index (χ2n) is 14.0. The summed E-state index contributed by atoms with van der Waals surface area (Å²) in [5, 5.41) is 9.28. The van der Waals surface area contributed by atoms with Crippen LogP contribution in [0.2, 0.25) is 0 Å². The Hall–Kier alpha value is -0.300. The van der Waals surface area contributed by atoms with Crippen molar-refractivity contribution < 1.29 is 5.11 Å². The van der Waals surface area contributed by atoms with Crippen LogP contribution in [0.1, 0.15) is 245 Å². The van der Waals surface area contributed by atoms with Crippen LogP contribution in [0, 0.1) is 0 Å². The van der Waals surface area contributed by atoms with Gasteiger partial charge < -0.3 is 5.11 Å². The van der Waals surface area contributed by atoms with Gasteiger partial charge in [-0.15, -0.1) is 0 Å². The number of unbranched alkanes of at least 4 members (excludes halogenated alkanes) is 33. The zero-order chi connectivity index (χ0) is 30.4. The van der Waals surface area contributed by atoms with E-state index in [1.54, 1.807) is 0 Å². The molecular formula is C41H82O. The van der Waals surface area contributed by atoms with Crippen molar-refractivity contribution in [2.45, 2.75) is 251 Å². The lowest BCUT2D eigenvalue weighted by Gasteiger charge is -2.05. The van der Waals surface area contributed by atoms with Gasteiger partial charge >= 0.3 is 0 Å². The molecule has 0 heterocycles. The summed E-state index contributed by atoms with van der Waals surface area (Å²) in [6.07, 6.45) is 55.9. The predicted octanol–water partition coefficient (Wildman–Crippen LogP) is 15.0. The quantitative estimate of drug-likeness (QED) is 0.0563. The van der Waals surface area contributed by atoms with Gasteiger partial charge in [-0.2, -0.15) is 0 Å². The Morgan fingerprint density at radius 2 is 0.548 bits per heavy atom. The Bertz CT molecular complexity index is 481. The van der Waals surface area contributed by atoms with Gasteiger partial charge in [0.25, 0.3) is 0 Å². The van der Waals surface area contributed by atoms with Crippen molar-refractivity contribution in [2.24, 2.45) is 0 Å². The highest BCUT2D eigenvalue weighted by Gasteiger charge is 1.98. The number of rotatable bonds is 37. The van der Waals surface area contributed by atoms with Crippen LogP contribution in [0.3, 0.4) is 0 Å². The fourth-order valence-corrected chi connectivity index (χ4v) is 6.39. The number of hydrogen-bond acceptors (Lipinski definition) is 1. The van der Waals surface area contributed by atoms with Crippen LogP contribution in [0.15, 0.2) is 12.2 Å². The predicted molar refractivity (Wildman–Crippen MR) is 193 cm³/mol. The lowest BCUT2D eigenvalue weighted by Crippen LogP contribution is -1.98. The lowest BCUT2D eigenvalue weighted by atomic mass is 10.0. The second kappa shape index (κ2) is 38.7. The van der Waals surface area contributed by atoms with Gasteiger partial charge in [0.05, 0.1) is 6.10 Å². The Kier molecular flexibility index (Phi) is 38.4. The standard InChI is InChI=1S/C41H82O/c1-3-4-5-6-7-8-9-10-11-12-13-14-15-16-17-18-19-20-21-22-23-24-25-26-27-28-29-30-31-32-33-34-35-36-37-38-39-40-41(2)42/h6-7,41-42H,3-5,8-40H2,1-2H3. The highest BCUT2D eigenvalue weighted by molar-refractivity contribution is 4.81. The first-order valence-corrected chi connectivity index (χ1v) is 20.1. The number of hydrogen-bond donors (Lipinski definition) is 1. The van der Waals surface area contributed by atoms with Crippen molar-refractivity contribution in [1.29, 1.82) is 0 Å². The van der Waals surface area contributed by atoms with Crippen LogP contribution in [0.5, 0.6) is 0 Å². The van der Waals surface area contributed by atoms with Gasteiger partial charge in [0, 0.05) is 0 Å². The van der Waals surface area contributed by atoms with Crippen LogP contribution in [0.4, 0.5) is 0 Å². The Labute approximate surface area is 267 Å². The van der Waals surface area contributed by atoms with Crippen molar-refractivity contribution in [2.75, 3.05) is 0 Å². The summed E-state index contributed by atoms with van der Waals surface area (Å²) in [6, 6.07) is 0. The minimum absolute atomic E-state index is 0.104. The van der Waals surface area contributed by atoms with E-state index in [2.05, 4.69) is 19.1 Å². The highest BCUT2D eigenvalue weighted by Crippen LogP contribution is 2.17. The molecule has 0 aromatic carbocycles. The first-order chi connectivity index (χ1) is 20.8. The van der Waals surface area contributed by atoms with E-state index in [0.717, 1.165) is 6.42 Å². The van der Waals surface area contributed by atoms with E-state index in [-0.39, 0.29) is 6.10 Å². The molecule has 252 valence electrons. The fraction of sp³-hybridized carbons (Fsp3) is 0.951. The van der Waals surface area contributed by atoms with E-state index in [4.69, 9.17) is 0 Å². The first kappa shape index (κ1) is 41.7. The largest absolute Gasteiger partial charge is 0.393 e. The number of aliphatic hydroxyl groups is 1. The molecule has 0 amide bonds. The molecule has 0 aliphatic rings. The molecule has 42 heavy (non-hydrogen) atoms. The smallest absolute Gasteiger partial charge is 0.0512 e. The normalized spacial score (nSPS) is 12.5. The van der Waals surface area contributed by atoms with E-state index in [9.17, 15) is 5.11 Å². The van der Waals surface area contributed by atoms with Gasteiger partial charge in [-0.05, 0) is 32.6 Å². The third-order valence-electron chi connectivity index (χ3n) is 9.38. The molecule has 1 atom stereocenters. The lowest BCUT2D eigenvalue weighted by molar-refractivity contribution is 0.180. The van der Waals surface area contributed by atoms with Crippen molar-refractivity contribution in [3.05, 3.63) is 12.2 Å². The van der Waals surface area contributed by atoms with Gasteiger partial charge in [0.15, 0.2) is 0 Å². The van der Waals surface area contributed by atoms with E-state index < -0.39 is 0 Å². The molecule has 1 nitrogen and oxygen atoms in total. The molecule has 0 saturated carbocycles. The van der Waals surface area contributed by atoms with Crippen LogP contribution in [-0.2, 0) is 0 Å². The zero-order valence-corrected chi connectivity index (χ0v) is 29.6. The summed E-state index contributed by atoms with van der Waals surface area (Å²) in [5.41, 5.74) is 0. The van der Waals surface area contributed by atoms with Crippen LogP contribution >= 0.6 is 0 Å². The molecule has 0 rings (SSSR count). The first-order valence-electron chi connectivity index (χ1n) is 20.1. The topological polar surface area (TPSA) is 20.2 Å².